The third-order valence-corrected chi connectivity index (χ3v) is 4.20. The Hall–Kier alpha value is -0.860. The number of benzene rings is 1. The second kappa shape index (κ2) is 7.66. The second-order valence-electron chi connectivity index (χ2n) is 6.29. The molecule has 19 heavy (non-hydrogen) atoms. The van der Waals surface area contributed by atoms with Crippen molar-refractivity contribution in [1.82, 2.24) is 4.90 Å². The average molecular weight is 262 g/mol. The predicted molar refractivity (Wildman–Crippen MR) is 84.3 cm³/mol. The molecule has 0 aromatic heterocycles. The minimum atomic E-state index is 0.102. The van der Waals surface area contributed by atoms with Gasteiger partial charge in [0.25, 0.3) is 0 Å². The monoisotopic (exact) mass is 262 g/mol. The van der Waals surface area contributed by atoms with E-state index < -0.39 is 0 Å². The molecular formula is C17H30N2. The van der Waals surface area contributed by atoms with E-state index in [1.54, 1.807) is 0 Å². The van der Waals surface area contributed by atoms with E-state index >= 15 is 0 Å². The molecule has 2 nitrogen and oxygen atoms in total. The fourth-order valence-electron chi connectivity index (χ4n) is 2.23. The number of aryl methyl sites for hydroxylation is 1. The van der Waals surface area contributed by atoms with Gasteiger partial charge in [0.2, 0.25) is 0 Å². The quantitative estimate of drug-likeness (QED) is 0.779. The lowest BCUT2D eigenvalue weighted by atomic mass is 9.91. The fourth-order valence-corrected chi connectivity index (χ4v) is 2.23. The molecule has 0 saturated heterocycles. The lowest BCUT2D eigenvalue weighted by Crippen LogP contribution is -2.50. The Morgan fingerprint density at radius 2 is 1.84 bits per heavy atom. The van der Waals surface area contributed by atoms with Crippen molar-refractivity contribution in [3.05, 3.63) is 35.9 Å². The van der Waals surface area contributed by atoms with Crippen LogP contribution in [0.25, 0.3) is 0 Å². The highest BCUT2D eigenvalue weighted by molar-refractivity contribution is 5.15. The zero-order valence-electron chi connectivity index (χ0n) is 13.0. The van der Waals surface area contributed by atoms with Gasteiger partial charge in [-0.3, -0.25) is 4.90 Å². The smallest absolute Gasteiger partial charge is 0.0303 e. The van der Waals surface area contributed by atoms with Crippen LogP contribution in [-0.2, 0) is 6.42 Å². The predicted octanol–water partition coefficient (Wildman–Crippen LogP) is 3.31. The summed E-state index contributed by atoms with van der Waals surface area (Å²) in [4.78, 5) is 2.44. The third kappa shape index (κ3) is 5.33. The Morgan fingerprint density at radius 3 is 2.37 bits per heavy atom. The molecule has 0 aliphatic rings. The molecule has 1 atom stereocenters. The minimum absolute atomic E-state index is 0.102. The summed E-state index contributed by atoms with van der Waals surface area (Å²) in [7, 11) is 2.21. The van der Waals surface area contributed by atoms with Crippen molar-refractivity contribution < 1.29 is 0 Å². The van der Waals surface area contributed by atoms with E-state index in [2.05, 4.69) is 63.1 Å². The first kappa shape index (κ1) is 16.2. The van der Waals surface area contributed by atoms with Gasteiger partial charge in [0.1, 0.15) is 0 Å². The van der Waals surface area contributed by atoms with E-state index in [4.69, 9.17) is 5.73 Å². The van der Waals surface area contributed by atoms with Crippen LogP contribution in [0.1, 0.15) is 39.2 Å². The van der Waals surface area contributed by atoms with E-state index in [1.807, 2.05) is 0 Å². The van der Waals surface area contributed by atoms with Crippen molar-refractivity contribution in [2.75, 3.05) is 20.1 Å². The lowest BCUT2D eigenvalue weighted by Gasteiger charge is -2.38. The van der Waals surface area contributed by atoms with Crippen molar-refractivity contribution in [3.63, 3.8) is 0 Å². The highest BCUT2D eigenvalue weighted by Gasteiger charge is 2.27. The second-order valence-corrected chi connectivity index (χ2v) is 6.29. The Bertz CT molecular complexity index is 348. The largest absolute Gasteiger partial charge is 0.329 e. The highest BCUT2D eigenvalue weighted by atomic mass is 15.2. The van der Waals surface area contributed by atoms with E-state index in [0.717, 1.165) is 25.3 Å². The maximum atomic E-state index is 6.04. The van der Waals surface area contributed by atoms with E-state index in [0.29, 0.717) is 6.54 Å². The van der Waals surface area contributed by atoms with Crippen LogP contribution < -0.4 is 5.73 Å². The summed E-state index contributed by atoms with van der Waals surface area (Å²) in [6, 6.07) is 10.7. The molecule has 1 aromatic rings. The van der Waals surface area contributed by atoms with Gasteiger partial charge in [0.15, 0.2) is 0 Å². The Balaban J connectivity index is 2.54. The molecule has 1 aromatic carbocycles. The Kier molecular flexibility index (Phi) is 6.53. The number of hydrogen-bond donors (Lipinski definition) is 1. The van der Waals surface area contributed by atoms with E-state index in [-0.39, 0.29) is 5.54 Å². The van der Waals surface area contributed by atoms with Gasteiger partial charge in [-0.15, -0.1) is 0 Å². The summed E-state index contributed by atoms with van der Waals surface area (Å²) in [5.41, 5.74) is 7.54. The number of nitrogens with zero attached hydrogens (tertiary/aromatic N) is 1. The van der Waals surface area contributed by atoms with Gasteiger partial charge >= 0.3 is 0 Å². The van der Waals surface area contributed by atoms with E-state index in [9.17, 15) is 0 Å². The molecule has 2 N–H and O–H groups in total. The van der Waals surface area contributed by atoms with Gasteiger partial charge in [-0.25, -0.2) is 0 Å². The van der Waals surface area contributed by atoms with Crippen LogP contribution in [0.3, 0.4) is 0 Å². The van der Waals surface area contributed by atoms with Crippen molar-refractivity contribution in [2.24, 2.45) is 11.7 Å². The first-order valence-electron chi connectivity index (χ1n) is 7.43. The lowest BCUT2D eigenvalue weighted by molar-refractivity contribution is 0.128. The summed E-state index contributed by atoms with van der Waals surface area (Å²) < 4.78 is 0. The van der Waals surface area contributed by atoms with Crippen LogP contribution in [0.2, 0.25) is 0 Å². The first-order chi connectivity index (χ1) is 8.98. The van der Waals surface area contributed by atoms with Gasteiger partial charge in [0.05, 0.1) is 0 Å². The Labute approximate surface area is 119 Å². The van der Waals surface area contributed by atoms with Crippen LogP contribution in [0.15, 0.2) is 30.3 Å². The van der Waals surface area contributed by atoms with Crippen molar-refractivity contribution in [2.45, 2.75) is 45.6 Å². The molecule has 0 fully saturated rings. The number of nitrogens with two attached hydrogens (primary N) is 1. The molecule has 0 aliphatic heterocycles. The molecule has 0 radical (unpaired) electrons. The summed E-state index contributed by atoms with van der Waals surface area (Å²) in [5.74, 6) is 0.749. The number of hydrogen-bond acceptors (Lipinski definition) is 2. The summed E-state index contributed by atoms with van der Waals surface area (Å²) in [5, 5.41) is 0. The zero-order chi connectivity index (χ0) is 14.3. The molecule has 108 valence electrons. The van der Waals surface area contributed by atoms with Crippen LogP contribution in [0.5, 0.6) is 0 Å². The number of rotatable bonds is 8. The van der Waals surface area contributed by atoms with Crippen molar-refractivity contribution in [1.29, 1.82) is 0 Å². The van der Waals surface area contributed by atoms with Crippen LogP contribution >= 0.6 is 0 Å². The molecule has 0 heterocycles. The van der Waals surface area contributed by atoms with Gasteiger partial charge in [-0.1, -0.05) is 44.2 Å². The maximum Gasteiger partial charge on any atom is 0.0303 e. The normalized spacial score (nSPS) is 14.9. The highest BCUT2D eigenvalue weighted by Crippen LogP contribution is 2.20. The molecule has 2 heteroatoms. The van der Waals surface area contributed by atoms with Crippen molar-refractivity contribution >= 4 is 0 Å². The first-order valence-corrected chi connectivity index (χ1v) is 7.43. The fraction of sp³-hybridized carbons (Fsp3) is 0.647. The minimum Gasteiger partial charge on any atom is -0.329 e. The van der Waals surface area contributed by atoms with E-state index in [1.165, 1.54) is 12.0 Å². The summed E-state index contributed by atoms with van der Waals surface area (Å²) >= 11 is 0. The van der Waals surface area contributed by atoms with Gasteiger partial charge in [-0.05, 0) is 51.3 Å². The third-order valence-electron chi connectivity index (χ3n) is 4.20. The molecule has 0 amide bonds. The Morgan fingerprint density at radius 1 is 1.21 bits per heavy atom. The molecule has 0 spiro atoms. The topological polar surface area (TPSA) is 29.3 Å². The van der Waals surface area contributed by atoms with Gasteiger partial charge < -0.3 is 5.73 Å². The SMILES string of the molecule is CC(C)CCN(C)C(C)(CN)CCc1ccccc1. The van der Waals surface area contributed by atoms with Crippen LogP contribution in [0, 0.1) is 5.92 Å². The molecule has 1 unspecified atom stereocenters. The maximum absolute atomic E-state index is 6.04. The molecule has 0 bridgehead atoms. The van der Waals surface area contributed by atoms with Gasteiger partial charge in [-0.2, -0.15) is 0 Å². The molecular weight excluding hydrogens is 232 g/mol. The summed E-state index contributed by atoms with van der Waals surface area (Å²) in [6.45, 7) is 8.68. The molecule has 1 rings (SSSR count). The summed E-state index contributed by atoms with van der Waals surface area (Å²) in [6.07, 6.45) is 3.44. The van der Waals surface area contributed by atoms with Gasteiger partial charge in [0, 0.05) is 12.1 Å². The zero-order valence-corrected chi connectivity index (χ0v) is 13.0. The standard InChI is InChI=1S/C17H30N2/c1-15(2)11-13-19(4)17(3,14-18)12-10-16-8-6-5-7-9-16/h5-9,15H,10-14,18H2,1-4H3. The molecule has 0 saturated carbocycles. The molecule has 0 aliphatic carbocycles. The van der Waals surface area contributed by atoms with Crippen LogP contribution in [0.4, 0.5) is 0 Å². The number of likely N-dealkylation sites (N-methyl/N-ethyl adjacent to an activating group) is 1. The van der Waals surface area contributed by atoms with Crippen molar-refractivity contribution in [3.8, 4) is 0 Å². The van der Waals surface area contributed by atoms with Crippen LogP contribution in [-0.4, -0.2) is 30.6 Å². The average Bonchev–Trinajstić information content (AvgIpc) is 2.43.